The summed E-state index contributed by atoms with van der Waals surface area (Å²) in [6.45, 7) is 9.80. The molecule has 3 heterocycles. The van der Waals surface area contributed by atoms with E-state index >= 15 is 0 Å². The fourth-order valence-electron chi connectivity index (χ4n) is 4.03. The molecule has 2 N–H and O–H groups in total. The van der Waals surface area contributed by atoms with E-state index in [1.807, 2.05) is 63.2 Å². The second-order valence-electron chi connectivity index (χ2n) is 8.35. The Bertz CT molecular complexity index is 1070. The van der Waals surface area contributed by atoms with Gasteiger partial charge in [-0.2, -0.15) is 0 Å². The number of nitrogens with zero attached hydrogens (tertiary/aromatic N) is 3. The Morgan fingerprint density at radius 2 is 1.82 bits per heavy atom. The zero-order valence-electron chi connectivity index (χ0n) is 19.4. The van der Waals surface area contributed by atoms with E-state index in [0.717, 1.165) is 41.6 Å². The summed E-state index contributed by atoms with van der Waals surface area (Å²) >= 11 is 0. The lowest BCUT2D eigenvalue weighted by Gasteiger charge is -2.33. The van der Waals surface area contributed by atoms with Crippen molar-refractivity contribution in [2.75, 3.05) is 38.2 Å². The van der Waals surface area contributed by atoms with Crippen molar-refractivity contribution < 1.29 is 13.9 Å². The van der Waals surface area contributed by atoms with Gasteiger partial charge in [-0.25, -0.2) is 9.97 Å². The molecule has 1 amide bonds. The van der Waals surface area contributed by atoms with Gasteiger partial charge in [0.1, 0.15) is 11.5 Å². The molecular weight excluding hydrogens is 418 g/mol. The van der Waals surface area contributed by atoms with Gasteiger partial charge >= 0.3 is 0 Å². The van der Waals surface area contributed by atoms with E-state index in [1.54, 1.807) is 0 Å². The van der Waals surface area contributed by atoms with E-state index in [0.29, 0.717) is 37.8 Å². The molecule has 0 saturated carbocycles. The van der Waals surface area contributed by atoms with E-state index < -0.39 is 0 Å². The van der Waals surface area contributed by atoms with E-state index in [-0.39, 0.29) is 11.9 Å². The third-order valence-corrected chi connectivity index (χ3v) is 5.65. The Morgan fingerprint density at radius 3 is 2.52 bits per heavy atom. The van der Waals surface area contributed by atoms with Crippen molar-refractivity contribution in [1.82, 2.24) is 20.2 Å². The summed E-state index contributed by atoms with van der Waals surface area (Å²) in [5.41, 5.74) is 3.43. The van der Waals surface area contributed by atoms with Crippen LogP contribution in [0.1, 0.15) is 44.9 Å². The van der Waals surface area contributed by atoms with Crippen LogP contribution in [0.4, 0.5) is 5.95 Å². The number of anilines is 1. The number of hydrogen-bond acceptors (Lipinski definition) is 7. The van der Waals surface area contributed by atoms with Crippen LogP contribution in [0.2, 0.25) is 0 Å². The van der Waals surface area contributed by atoms with Gasteiger partial charge in [0.05, 0.1) is 19.3 Å². The molecule has 1 atom stereocenters. The number of carbonyl (C=O) groups is 1. The van der Waals surface area contributed by atoms with Gasteiger partial charge in [-0.1, -0.05) is 12.1 Å². The van der Waals surface area contributed by atoms with Crippen molar-refractivity contribution >= 4 is 11.9 Å². The molecule has 0 radical (unpaired) electrons. The van der Waals surface area contributed by atoms with Crippen molar-refractivity contribution in [3.63, 3.8) is 0 Å². The number of rotatable bonds is 8. The van der Waals surface area contributed by atoms with Crippen molar-refractivity contribution in [1.29, 1.82) is 0 Å². The van der Waals surface area contributed by atoms with Crippen LogP contribution < -0.4 is 10.6 Å². The van der Waals surface area contributed by atoms with Crippen LogP contribution in [0.15, 0.2) is 46.9 Å². The molecule has 1 fully saturated rings. The van der Waals surface area contributed by atoms with Crippen LogP contribution in [-0.4, -0.2) is 53.6 Å². The molecule has 174 valence electrons. The van der Waals surface area contributed by atoms with Crippen LogP contribution in [0.5, 0.6) is 0 Å². The van der Waals surface area contributed by atoms with E-state index in [4.69, 9.17) is 9.15 Å². The maximum Gasteiger partial charge on any atom is 0.251 e. The third-order valence-electron chi connectivity index (χ3n) is 5.65. The molecule has 3 aromatic rings. The number of ether oxygens (including phenoxy) is 1. The minimum Gasteiger partial charge on any atom is -0.465 e. The van der Waals surface area contributed by atoms with E-state index in [9.17, 15) is 4.79 Å². The topological polar surface area (TPSA) is 92.5 Å². The lowest BCUT2D eigenvalue weighted by molar-refractivity contribution is 0.0117. The summed E-state index contributed by atoms with van der Waals surface area (Å²) in [7, 11) is 0. The molecule has 0 aliphatic carbocycles. The molecule has 0 bridgehead atoms. The standard InChI is InChI=1S/C25H31N5O3/c1-17-13-18(2)29-25(28-17)27-15-20-5-4-6-21(14-20)24(31)26-16-22(23-8-7-19(3)33-23)30-9-11-32-12-10-30/h4-8,13-14,22H,9-12,15-16H2,1-3H3,(H,26,31)(H,27,28,29). The summed E-state index contributed by atoms with van der Waals surface area (Å²) in [6, 6.07) is 13.4. The SMILES string of the molecule is Cc1cc(C)nc(NCc2cccc(C(=O)NCC(c3ccc(C)o3)N3CCOCC3)c2)n1. The average molecular weight is 450 g/mol. The van der Waals surface area contributed by atoms with Gasteiger partial charge < -0.3 is 19.8 Å². The molecule has 1 unspecified atom stereocenters. The van der Waals surface area contributed by atoms with Crippen LogP contribution in [-0.2, 0) is 11.3 Å². The van der Waals surface area contributed by atoms with Crippen molar-refractivity contribution in [3.8, 4) is 0 Å². The second-order valence-corrected chi connectivity index (χ2v) is 8.35. The largest absolute Gasteiger partial charge is 0.465 e. The Hall–Kier alpha value is -3.23. The lowest BCUT2D eigenvalue weighted by Crippen LogP contribution is -2.43. The van der Waals surface area contributed by atoms with Crippen LogP contribution in [0.25, 0.3) is 0 Å². The minimum absolute atomic E-state index is 0.0295. The number of aryl methyl sites for hydroxylation is 3. The summed E-state index contributed by atoms with van der Waals surface area (Å²) in [6.07, 6.45) is 0. The first-order chi connectivity index (χ1) is 16.0. The highest BCUT2D eigenvalue weighted by molar-refractivity contribution is 5.94. The summed E-state index contributed by atoms with van der Waals surface area (Å²) in [4.78, 5) is 24.1. The zero-order valence-corrected chi connectivity index (χ0v) is 19.4. The Morgan fingerprint density at radius 1 is 1.06 bits per heavy atom. The first-order valence-electron chi connectivity index (χ1n) is 11.3. The third kappa shape index (κ3) is 6.18. The smallest absolute Gasteiger partial charge is 0.251 e. The monoisotopic (exact) mass is 449 g/mol. The minimum atomic E-state index is -0.110. The average Bonchev–Trinajstić information content (AvgIpc) is 3.24. The van der Waals surface area contributed by atoms with Gasteiger partial charge in [-0.15, -0.1) is 0 Å². The van der Waals surface area contributed by atoms with E-state index in [2.05, 4.69) is 25.5 Å². The van der Waals surface area contributed by atoms with Gasteiger partial charge in [-0.05, 0) is 56.7 Å². The van der Waals surface area contributed by atoms with E-state index in [1.165, 1.54) is 0 Å². The number of morpholine rings is 1. The highest BCUT2D eigenvalue weighted by atomic mass is 16.5. The molecule has 33 heavy (non-hydrogen) atoms. The molecule has 1 aliphatic rings. The lowest BCUT2D eigenvalue weighted by atomic mass is 10.1. The van der Waals surface area contributed by atoms with Crippen molar-refractivity contribution in [3.05, 3.63) is 76.5 Å². The summed E-state index contributed by atoms with van der Waals surface area (Å²) in [5.74, 6) is 2.20. The molecule has 8 heteroatoms. The van der Waals surface area contributed by atoms with Gasteiger partial charge in [0.25, 0.3) is 5.91 Å². The van der Waals surface area contributed by atoms with Gasteiger partial charge in [0, 0.05) is 43.1 Å². The number of amides is 1. The fraction of sp³-hybridized carbons (Fsp3) is 0.400. The number of hydrogen-bond donors (Lipinski definition) is 2. The van der Waals surface area contributed by atoms with Crippen LogP contribution in [0, 0.1) is 20.8 Å². The summed E-state index contributed by atoms with van der Waals surface area (Å²) in [5, 5.41) is 6.33. The van der Waals surface area contributed by atoms with Crippen molar-refractivity contribution in [2.45, 2.75) is 33.4 Å². The molecule has 8 nitrogen and oxygen atoms in total. The van der Waals surface area contributed by atoms with Crippen LogP contribution in [0.3, 0.4) is 0 Å². The molecule has 2 aromatic heterocycles. The Labute approximate surface area is 194 Å². The molecule has 1 aliphatic heterocycles. The summed E-state index contributed by atoms with van der Waals surface area (Å²) < 4.78 is 11.4. The first kappa shape index (κ1) is 22.9. The van der Waals surface area contributed by atoms with Crippen LogP contribution >= 0.6 is 0 Å². The van der Waals surface area contributed by atoms with Gasteiger partial charge in [0.2, 0.25) is 5.95 Å². The second kappa shape index (κ2) is 10.6. The molecule has 1 aromatic carbocycles. The van der Waals surface area contributed by atoms with Gasteiger partial charge in [-0.3, -0.25) is 9.69 Å². The van der Waals surface area contributed by atoms with Gasteiger partial charge in [0.15, 0.2) is 0 Å². The number of carbonyl (C=O) groups excluding carboxylic acids is 1. The van der Waals surface area contributed by atoms with Crippen molar-refractivity contribution in [2.24, 2.45) is 0 Å². The fourth-order valence-corrected chi connectivity index (χ4v) is 4.03. The maximum atomic E-state index is 13.0. The first-order valence-corrected chi connectivity index (χ1v) is 11.3. The molecule has 1 saturated heterocycles. The maximum absolute atomic E-state index is 13.0. The quantitative estimate of drug-likeness (QED) is 0.544. The normalized spacial score (nSPS) is 15.2. The molecule has 4 rings (SSSR count). The molecular formula is C25H31N5O3. The number of nitrogens with one attached hydrogen (secondary N) is 2. The number of benzene rings is 1. The Kier molecular flexibility index (Phi) is 7.36. The Balaban J connectivity index is 1.39. The predicted octanol–water partition coefficient (Wildman–Crippen LogP) is 3.41. The molecule has 0 spiro atoms. The number of aromatic nitrogens is 2. The highest BCUT2D eigenvalue weighted by Crippen LogP contribution is 2.23. The number of furan rings is 1. The zero-order chi connectivity index (χ0) is 23.2. The highest BCUT2D eigenvalue weighted by Gasteiger charge is 2.25. The predicted molar refractivity (Wildman–Crippen MR) is 126 cm³/mol.